The van der Waals surface area contributed by atoms with E-state index in [1.54, 1.807) is 18.0 Å². The summed E-state index contributed by atoms with van der Waals surface area (Å²) in [6, 6.07) is 9.66. The first-order valence-corrected chi connectivity index (χ1v) is 8.82. The van der Waals surface area contributed by atoms with Crippen LogP contribution in [-0.2, 0) is 4.74 Å². The van der Waals surface area contributed by atoms with Gasteiger partial charge in [0.25, 0.3) is 5.91 Å². The monoisotopic (exact) mass is 394 g/mol. The molecule has 2 N–H and O–H groups in total. The molecule has 3 rings (SSSR count). The Bertz CT molecular complexity index is 753. The number of hydrogen-bond acceptors (Lipinski definition) is 5. The number of amides is 1. The second kappa shape index (κ2) is 9.21. The molecule has 1 fully saturated rings. The first-order valence-electron chi connectivity index (χ1n) is 8.82. The number of carbonyl (C=O) groups is 1. The Morgan fingerprint density at radius 3 is 2.67 bits per heavy atom. The lowest BCUT2D eigenvalue weighted by atomic mass is 9.90. The molecule has 1 atom stereocenters. The first-order chi connectivity index (χ1) is 12.6. The van der Waals surface area contributed by atoms with Crippen molar-refractivity contribution in [3.8, 4) is 11.4 Å². The summed E-state index contributed by atoms with van der Waals surface area (Å²) in [5.41, 5.74) is 7.03. The maximum Gasteiger partial charge on any atom is 0.278 e. The van der Waals surface area contributed by atoms with E-state index >= 15 is 0 Å². The zero-order valence-electron chi connectivity index (χ0n) is 15.8. The second-order valence-corrected chi connectivity index (χ2v) is 6.95. The number of nitrogens with two attached hydrogens (primary N) is 1. The zero-order valence-corrected chi connectivity index (χ0v) is 16.6. The third kappa shape index (κ3) is 4.80. The summed E-state index contributed by atoms with van der Waals surface area (Å²) in [6.07, 6.45) is 2.64. The molecule has 0 radical (unpaired) electrons. The minimum atomic E-state index is -0.121. The van der Waals surface area contributed by atoms with Crippen molar-refractivity contribution in [1.29, 1.82) is 0 Å². The summed E-state index contributed by atoms with van der Waals surface area (Å²) < 4.78 is 12.5. The van der Waals surface area contributed by atoms with E-state index in [-0.39, 0.29) is 23.7 Å². The smallest absolute Gasteiger partial charge is 0.278 e. The number of hydrogen-bond donors (Lipinski definition) is 1. The van der Waals surface area contributed by atoms with Crippen LogP contribution in [0.4, 0.5) is 0 Å². The Hall–Kier alpha value is -2.09. The Labute approximate surface area is 165 Å². The van der Waals surface area contributed by atoms with Crippen LogP contribution in [0.5, 0.6) is 5.75 Å². The number of para-hydroxylation sites is 1. The quantitative estimate of drug-likeness (QED) is 0.727. The lowest BCUT2D eigenvalue weighted by molar-refractivity contribution is 0.0763. The van der Waals surface area contributed by atoms with Crippen molar-refractivity contribution in [2.75, 3.05) is 40.0 Å². The zero-order chi connectivity index (χ0) is 18.6. The summed E-state index contributed by atoms with van der Waals surface area (Å²) in [6.45, 7) is 4.79. The van der Waals surface area contributed by atoms with Crippen molar-refractivity contribution in [2.45, 2.75) is 13.3 Å². The van der Waals surface area contributed by atoms with Crippen molar-refractivity contribution >= 4 is 18.3 Å². The average Bonchev–Trinajstić information content (AvgIpc) is 3.27. The molecular weight excluding hydrogens is 368 g/mol. The molecule has 148 valence electrons. The summed E-state index contributed by atoms with van der Waals surface area (Å²) in [5, 5.41) is 4.51. The van der Waals surface area contributed by atoms with Crippen LogP contribution in [0.3, 0.4) is 0 Å². The maximum atomic E-state index is 13.0. The molecule has 1 aromatic heterocycles. The molecule has 1 aliphatic heterocycles. The van der Waals surface area contributed by atoms with Gasteiger partial charge in [-0.2, -0.15) is 5.10 Å². The molecule has 0 aliphatic carbocycles. The Balaban J connectivity index is 0.00000261. The normalized spacial score (nSPS) is 19.0. The third-order valence-electron chi connectivity index (χ3n) is 4.79. The minimum absolute atomic E-state index is 0. The van der Waals surface area contributed by atoms with E-state index in [0.29, 0.717) is 44.3 Å². The van der Waals surface area contributed by atoms with Gasteiger partial charge in [0.15, 0.2) is 11.4 Å². The topological polar surface area (TPSA) is 82.6 Å². The molecule has 0 bridgehead atoms. The molecule has 2 heterocycles. The van der Waals surface area contributed by atoms with Crippen LogP contribution in [-0.4, -0.2) is 60.5 Å². The van der Waals surface area contributed by atoms with Gasteiger partial charge in [-0.1, -0.05) is 25.1 Å². The van der Waals surface area contributed by atoms with Crippen molar-refractivity contribution in [3.63, 3.8) is 0 Å². The van der Waals surface area contributed by atoms with Gasteiger partial charge >= 0.3 is 0 Å². The molecule has 1 aromatic carbocycles. The molecule has 0 spiro atoms. The lowest BCUT2D eigenvalue weighted by Crippen LogP contribution is -2.35. The van der Waals surface area contributed by atoms with Crippen molar-refractivity contribution < 1.29 is 14.3 Å². The van der Waals surface area contributed by atoms with Gasteiger partial charge in [-0.25, -0.2) is 4.68 Å². The van der Waals surface area contributed by atoms with Gasteiger partial charge in [-0.05, 0) is 30.5 Å². The van der Waals surface area contributed by atoms with Crippen LogP contribution in [0.15, 0.2) is 36.5 Å². The number of nitrogens with zero attached hydrogens (tertiary/aromatic N) is 3. The highest BCUT2D eigenvalue weighted by atomic mass is 35.5. The number of rotatable bonds is 7. The fourth-order valence-electron chi connectivity index (χ4n) is 3.07. The fourth-order valence-corrected chi connectivity index (χ4v) is 3.07. The number of benzene rings is 1. The lowest BCUT2D eigenvalue weighted by Gasteiger charge is -2.22. The largest absolute Gasteiger partial charge is 0.487 e. The molecule has 1 amide bonds. The van der Waals surface area contributed by atoms with Crippen LogP contribution < -0.4 is 10.5 Å². The summed E-state index contributed by atoms with van der Waals surface area (Å²) in [4.78, 5) is 14.9. The molecule has 7 nitrogen and oxygen atoms in total. The predicted octanol–water partition coefficient (Wildman–Crippen LogP) is 2.13. The highest BCUT2D eigenvalue weighted by Gasteiger charge is 2.37. The van der Waals surface area contributed by atoms with Crippen LogP contribution in [0, 0.1) is 5.41 Å². The summed E-state index contributed by atoms with van der Waals surface area (Å²) >= 11 is 0. The molecule has 1 aliphatic rings. The summed E-state index contributed by atoms with van der Waals surface area (Å²) in [7, 11) is 1.61. The van der Waals surface area contributed by atoms with Gasteiger partial charge < -0.3 is 20.1 Å². The van der Waals surface area contributed by atoms with E-state index in [4.69, 9.17) is 15.2 Å². The van der Waals surface area contributed by atoms with Gasteiger partial charge in [0.1, 0.15) is 6.61 Å². The van der Waals surface area contributed by atoms with Gasteiger partial charge in [0, 0.05) is 20.2 Å². The van der Waals surface area contributed by atoms with Crippen molar-refractivity contribution in [3.05, 3.63) is 42.2 Å². The van der Waals surface area contributed by atoms with Gasteiger partial charge in [0.05, 0.1) is 18.5 Å². The standard InChI is InChI=1S/C19H26N4O3.ClH/c1-19(13-20)8-9-22(14-19)18(24)17-16(26-11-10-25-2)12-23(21-17)15-6-4-3-5-7-15;/h3-7,12H,8-11,13-14,20H2,1-2H3;1H. The Kier molecular flexibility index (Phi) is 7.24. The first kappa shape index (κ1) is 21.2. The van der Waals surface area contributed by atoms with Crippen molar-refractivity contribution in [1.82, 2.24) is 14.7 Å². The Morgan fingerprint density at radius 2 is 2.04 bits per heavy atom. The van der Waals surface area contributed by atoms with Gasteiger partial charge in [-0.15, -0.1) is 12.4 Å². The van der Waals surface area contributed by atoms with Crippen LogP contribution in [0.1, 0.15) is 23.8 Å². The second-order valence-electron chi connectivity index (χ2n) is 6.95. The number of methoxy groups -OCH3 is 1. The molecule has 1 unspecified atom stereocenters. The van der Waals surface area contributed by atoms with E-state index in [0.717, 1.165) is 12.1 Å². The molecule has 8 heteroatoms. The highest BCUT2D eigenvalue weighted by molar-refractivity contribution is 5.95. The molecule has 27 heavy (non-hydrogen) atoms. The van der Waals surface area contributed by atoms with E-state index in [9.17, 15) is 4.79 Å². The fraction of sp³-hybridized carbons (Fsp3) is 0.474. The Morgan fingerprint density at radius 1 is 1.30 bits per heavy atom. The number of halogens is 1. The highest BCUT2D eigenvalue weighted by Crippen LogP contribution is 2.31. The van der Waals surface area contributed by atoms with Crippen LogP contribution in [0.25, 0.3) is 5.69 Å². The third-order valence-corrected chi connectivity index (χ3v) is 4.79. The summed E-state index contributed by atoms with van der Waals surface area (Å²) in [5.74, 6) is 0.349. The molecule has 0 saturated carbocycles. The van der Waals surface area contributed by atoms with Crippen LogP contribution in [0.2, 0.25) is 0 Å². The number of carbonyl (C=O) groups excluding carboxylic acids is 1. The average molecular weight is 395 g/mol. The maximum absolute atomic E-state index is 13.0. The van der Waals surface area contributed by atoms with Gasteiger partial charge in [-0.3, -0.25) is 4.79 Å². The number of ether oxygens (including phenoxy) is 2. The van der Waals surface area contributed by atoms with E-state index < -0.39 is 0 Å². The minimum Gasteiger partial charge on any atom is -0.487 e. The molecule has 1 saturated heterocycles. The molecular formula is C19H27ClN4O3. The number of likely N-dealkylation sites (tertiary alicyclic amines) is 1. The van der Waals surface area contributed by atoms with Crippen molar-refractivity contribution in [2.24, 2.45) is 11.1 Å². The SMILES string of the molecule is COCCOc1cn(-c2ccccc2)nc1C(=O)N1CCC(C)(CN)C1.Cl. The van der Waals surface area contributed by atoms with E-state index in [1.165, 1.54) is 0 Å². The number of aromatic nitrogens is 2. The molecule has 2 aromatic rings. The predicted molar refractivity (Wildman–Crippen MR) is 106 cm³/mol. The van der Waals surface area contributed by atoms with Crippen LogP contribution >= 0.6 is 12.4 Å². The van der Waals surface area contributed by atoms with E-state index in [1.807, 2.05) is 35.2 Å². The van der Waals surface area contributed by atoms with Gasteiger partial charge in [0.2, 0.25) is 0 Å². The van der Waals surface area contributed by atoms with E-state index in [2.05, 4.69) is 12.0 Å².